The van der Waals surface area contributed by atoms with Crippen LogP contribution < -0.4 is 0 Å². The molecule has 0 radical (unpaired) electrons. The third-order valence-corrected chi connectivity index (χ3v) is 7.85. The Labute approximate surface area is 272 Å². The van der Waals surface area contributed by atoms with Gasteiger partial charge in [-0.3, -0.25) is 9.59 Å². The molecule has 1 N–H and O–H groups in total. The lowest BCUT2D eigenvalue weighted by Gasteiger charge is -2.12. The molecule has 0 aliphatic heterocycles. The van der Waals surface area contributed by atoms with Crippen LogP contribution >= 0.6 is 0 Å². The molecular formula is C39H70O5. The van der Waals surface area contributed by atoms with Crippen molar-refractivity contribution in [3.05, 3.63) is 36.5 Å². The summed E-state index contributed by atoms with van der Waals surface area (Å²) in [4.78, 5) is 23.8. The van der Waals surface area contributed by atoms with Crippen LogP contribution in [0.2, 0.25) is 0 Å². The number of allylic oxidation sites excluding steroid dienone is 6. The number of carbonyl (C=O) groups is 2. The predicted molar refractivity (Wildman–Crippen MR) is 187 cm³/mol. The van der Waals surface area contributed by atoms with E-state index >= 15 is 0 Å². The van der Waals surface area contributed by atoms with Crippen LogP contribution in [0, 0.1) is 0 Å². The van der Waals surface area contributed by atoms with Crippen molar-refractivity contribution in [2.24, 2.45) is 0 Å². The summed E-state index contributed by atoms with van der Waals surface area (Å²) in [6.07, 6.45) is 41.9. The zero-order chi connectivity index (χ0) is 32.2. The molecule has 0 aromatic heterocycles. The maximum Gasteiger partial charge on any atom is 0.305 e. The minimum Gasteiger partial charge on any atom is -0.463 e. The van der Waals surface area contributed by atoms with Crippen LogP contribution in [-0.4, -0.2) is 36.4 Å². The van der Waals surface area contributed by atoms with E-state index in [1.165, 1.54) is 96.3 Å². The van der Waals surface area contributed by atoms with Gasteiger partial charge in [-0.25, -0.2) is 0 Å². The van der Waals surface area contributed by atoms with Crippen LogP contribution in [0.1, 0.15) is 181 Å². The highest BCUT2D eigenvalue weighted by molar-refractivity contribution is 5.69. The van der Waals surface area contributed by atoms with E-state index in [4.69, 9.17) is 9.47 Å². The van der Waals surface area contributed by atoms with Crippen LogP contribution in [-0.2, 0) is 19.1 Å². The second-order valence-electron chi connectivity index (χ2n) is 12.3. The molecule has 0 saturated carbocycles. The highest BCUT2D eigenvalue weighted by atomic mass is 16.6. The molecule has 0 amide bonds. The standard InChI is InChI=1S/C39H70O5/c1-3-5-7-9-11-13-15-17-18-19-20-22-24-26-28-30-32-34-39(42)44-36-37(40)35-43-38(41)33-31-29-27-25-23-21-16-14-12-10-8-6-4-2/h11,13,17-18,21,23,37,40H,3-10,12,14-16,19-20,22,24-36H2,1-2H3/b13-11-,18-17-,23-21-/t37-/m1/s1. The zero-order valence-corrected chi connectivity index (χ0v) is 28.9. The van der Waals surface area contributed by atoms with Gasteiger partial charge in [-0.2, -0.15) is 0 Å². The van der Waals surface area contributed by atoms with Crippen LogP contribution in [0.15, 0.2) is 36.5 Å². The first-order valence-electron chi connectivity index (χ1n) is 18.5. The van der Waals surface area contributed by atoms with Gasteiger partial charge in [0, 0.05) is 12.8 Å². The highest BCUT2D eigenvalue weighted by Crippen LogP contribution is 2.12. The van der Waals surface area contributed by atoms with E-state index < -0.39 is 6.10 Å². The lowest BCUT2D eigenvalue weighted by Crippen LogP contribution is -2.25. The second kappa shape index (κ2) is 35.6. The molecule has 0 aliphatic carbocycles. The van der Waals surface area contributed by atoms with Gasteiger partial charge in [0.25, 0.3) is 0 Å². The fraction of sp³-hybridized carbons (Fsp3) is 0.795. The Morgan fingerprint density at radius 2 is 0.795 bits per heavy atom. The molecule has 44 heavy (non-hydrogen) atoms. The Kier molecular flexibility index (Phi) is 34.1. The van der Waals surface area contributed by atoms with Gasteiger partial charge in [0.05, 0.1) is 0 Å². The van der Waals surface area contributed by atoms with Crippen molar-refractivity contribution in [2.75, 3.05) is 13.2 Å². The first kappa shape index (κ1) is 42.1. The zero-order valence-electron chi connectivity index (χ0n) is 28.9. The van der Waals surface area contributed by atoms with E-state index in [2.05, 4.69) is 50.3 Å². The van der Waals surface area contributed by atoms with Gasteiger partial charge in [-0.05, 0) is 70.6 Å². The van der Waals surface area contributed by atoms with Crippen molar-refractivity contribution in [1.82, 2.24) is 0 Å². The third-order valence-electron chi connectivity index (χ3n) is 7.85. The van der Waals surface area contributed by atoms with Crippen molar-refractivity contribution in [3.8, 4) is 0 Å². The summed E-state index contributed by atoms with van der Waals surface area (Å²) in [5, 5.41) is 9.98. The Balaban J connectivity index is 3.47. The van der Waals surface area contributed by atoms with Crippen molar-refractivity contribution < 1.29 is 24.2 Å². The molecule has 0 aliphatic rings. The third kappa shape index (κ3) is 34.6. The quantitative estimate of drug-likeness (QED) is 0.0450. The number of aliphatic hydroxyl groups excluding tert-OH is 1. The summed E-state index contributed by atoms with van der Waals surface area (Å²) in [7, 11) is 0. The minimum atomic E-state index is -0.971. The van der Waals surface area contributed by atoms with Gasteiger partial charge in [0.15, 0.2) is 0 Å². The molecule has 0 aromatic carbocycles. The molecule has 0 unspecified atom stereocenters. The molecule has 0 fully saturated rings. The molecular weight excluding hydrogens is 548 g/mol. The van der Waals surface area contributed by atoms with E-state index in [9.17, 15) is 14.7 Å². The van der Waals surface area contributed by atoms with Gasteiger partial charge in [-0.15, -0.1) is 0 Å². The lowest BCUT2D eigenvalue weighted by molar-refractivity contribution is -0.152. The Hall–Kier alpha value is -1.88. The van der Waals surface area contributed by atoms with Crippen molar-refractivity contribution >= 4 is 11.9 Å². The lowest BCUT2D eigenvalue weighted by atomic mass is 10.1. The average molecular weight is 619 g/mol. The predicted octanol–water partition coefficient (Wildman–Crippen LogP) is 11.3. The van der Waals surface area contributed by atoms with E-state index in [1.54, 1.807) is 0 Å². The summed E-state index contributed by atoms with van der Waals surface area (Å²) in [5.41, 5.74) is 0. The largest absolute Gasteiger partial charge is 0.463 e. The summed E-state index contributed by atoms with van der Waals surface area (Å²) in [6.45, 7) is 4.24. The van der Waals surface area contributed by atoms with Crippen molar-refractivity contribution in [1.29, 1.82) is 0 Å². The second-order valence-corrected chi connectivity index (χ2v) is 12.3. The van der Waals surface area contributed by atoms with E-state index in [1.807, 2.05) is 0 Å². The maximum atomic E-state index is 11.9. The van der Waals surface area contributed by atoms with Gasteiger partial charge < -0.3 is 14.6 Å². The number of aliphatic hydroxyl groups is 1. The van der Waals surface area contributed by atoms with E-state index in [-0.39, 0.29) is 25.2 Å². The van der Waals surface area contributed by atoms with Crippen LogP contribution in [0.5, 0.6) is 0 Å². The van der Waals surface area contributed by atoms with Crippen molar-refractivity contribution in [2.45, 2.75) is 187 Å². The molecule has 5 heteroatoms. The summed E-state index contributed by atoms with van der Waals surface area (Å²) >= 11 is 0. The van der Waals surface area contributed by atoms with Gasteiger partial charge in [0.1, 0.15) is 19.3 Å². The SMILES string of the molecule is CCCCC/C=C\C/C=C\CCCCCCCCCC(=O)OC[C@H](O)COC(=O)CCCCC/C=C\CCCCCCCC. The first-order chi connectivity index (χ1) is 21.6. The average Bonchev–Trinajstić information content (AvgIpc) is 3.02. The molecule has 5 nitrogen and oxygen atoms in total. The number of hydrogen-bond acceptors (Lipinski definition) is 5. The fourth-order valence-electron chi connectivity index (χ4n) is 4.99. The first-order valence-corrected chi connectivity index (χ1v) is 18.5. The number of unbranched alkanes of at least 4 members (excludes halogenated alkanes) is 19. The Bertz CT molecular complexity index is 711. The summed E-state index contributed by atoms with van der Waals surface area (Å²) in [5.74, 6) is -0.592. The van der Waals surface area contributed by atoms with Gasteiger partial charge >= 0.3 is 11.9 Å². The number of hydrogen-bond donors (Lipinski definition) is 1. The number of carbonyl (C=O) groups excluding carboxylic acids is 2. The summed E-state index contributed by atoms with van der Waals surface area (Å²) < 4.78 is 10.3. The Morgan fingerprint density at radius 1 is 0.477 bits per heavy atom. The number of esters is 2. The number of ether oxygens (including phenoxy) is 2. The molecule has 0 bridgehead atoms. The van der Waals surface area contributed by atoms with Gasteiger partial charge in [-0.1, -0.05) is 134 Å². The van der Waals surface area contributed by atoms with Crippen molar-refractivity contribution in [3.63, 3.8) is 0 Å². The minimum absolute atomic E-state index is 0.124. The molecule has 0 aromatic rings. The monoisotopic (exact) mass is 619 g/mol. The molecule has 1 atom stereocenters. The molecule has 0 saturated heterocycles. The molecule has 0 spiro atoms. The van der Waals surface area contributed by atoms with E-state index in [0.717, 1.165) is 57.8 Å². The normalized spacial score (nSPS) is 12.5. The Morgan fingerprint density at radius 3 is 1.25 bits per heavy atom. The topological polar surface area (TPSA) is 72.8 Å². The smallest absolute Gasteiger partial charge is 0.305 e. The van der Waals surface area contributed by atoms with Gasteiger partial charge in [0.2, 0.25) is 0 Å². The summed E-state index contributed by atoms with van der Waals surface area (Å²) in [6, 6.07) is 0. The molecule has 0 rings (SSSR count). The fourth-order valence-corrected chi connectivity index (χ4v) is 4.99. The maximum absolute atomic E-state index is 11.9. The molecule has 0 heterocycles. The van der Waals surface area contributed by atoms with E-state index in [0.29, 0.717) is 12.8 Å². The van der Waals surface area contributed by atoms with Crippen LogP contribution in [0.3, 0.4) is 0 Å². The van der Waals surface area contributed by atoms with Crippen LogP contribution in [0.25, 0.3) is 0 Å². The number of rotatable bonds is 33. The van der Waals surface area contributed by atoms with Crippen LogP contribution in [0.4, 0.5) is 0 Å². The highest BCUT2D eigenvalue weighted by Gasteiger charge is 2.12. The molecule has 256 valence electrons.